The van der Waals surface area contributed by atoms with Gasteiger partial charge in [0.2, 0.25) is 0 Å². The second kappa shape index (κ2) is 7.26. The van der Waals surface area contributed by atoms with Gasteiger partial charge in [-0.3, -0.25) is 0 Å². The first-order valence-corrected chi connectivity index (χ1v) is 8.87. The Labute approximate surface area is 125 Å². The van der Waals surface area contributed by atoms with Gasteiger partial charge in [-0.25, -0.2) is 0 Å². The minimum absolute atomic E-state index is 0.370. The highest BCUT2D eigenvalue weighted by Gasteiger charge is 2.30. The lowest BCUT2D eigenvalue weighted by molar-refractivity contribution is 0.143. The van der Waals surface area contributed by atoms with Crippen molar-refractivity contribution in [3.8, 4) is 0 Å². The van der Waals surface area contributed by atoms with E-state index in [0.29, 0.717) is 30.0 Å². The van der Waals surface area contributed by atoms with E-state index in [1.54, 1.807) is 0 Å². The molecule has 2 N–H and O–H groups in total. The van der Waals surface area contributed by atoms with Crippen molar-refractivity contribution in [2.24, 2.45) is 17.3 Å². The Hall–Kier alpha value is -0.0800. The fourth-order valence-corrected chi connectivity index (χ4v) is 4.28. The maximum atomic E-state index is 9.56. The number of hydrogen-bond donors (Lipinski definition) is 2. The van der Waals surface area contributed by atoms with Crippen LogP contribution in [-0.4, -0.2) is 23.8 Å². The van der Waals surface area contributed by atoms with E-state index in [1.807, 2.05) is 0 Å². The van der Waals surface area contributed by atoms with Gasteiger partial charge in [-0.15, -0.1) is 0 Å². The lowest BCUT2D eigenvalue weighted by Gasteiger charge is -2.34. The average Bonchev–Trinajstić information content (AvgIpc) is 2.64. The average molecular weight is 281 g/mol. The predicted molar refractivity (Wildman–Crippen MR) is 85.8 cm³/mol. The van der Waals surface area contributed by atoms with Gasteiger partial charge in [0.25, 0.3) is 0 Å². The molecule has 2 heteroatoms. The minimum Gasteiger partial charge on any atom is -0.396 e. The Kier molecular flexibility index (Phi) is 5.92. The van der Waals surface area contributed by atoms with Crippen LogP contribution in [0.2, 0.25) is 0 Å². The summed E-state index contributed by atoms with van der Waals surface area (Å²) in [6.45, 7) is 7.56. The molecule has 118 valence electrons. The summed E-state index contributed by atoms with van der Waals surface area (Å²) in [4.78, 5) is 0. The van der Waals surface area contributed by atoms with Crippen LogP contribution >= 0.6 is 0 Å². The Balaban J connectivity index is 1.84. The molecule has 0 saturated heterocycles. The van der Waals surface area contributed by atoms with E-state index in [0.717, 1.165) is 5.92 Å². The largest absolute Gasteiger partial charge is 0.396 e. The van der Waals surface area contributed by atoms with Gasteiger partial charge >= 0.3 is 0 Å². The number of aliphatic hydroxyl groups excluding tert-OH is 1. The Morgan fingerprint density at radius 1 is 0.900 bits per heavy atom. The predicted octanol–water partition coefficient (Wildman–Crippen LogP) is 4.12. The lowest BCUT2D eigenvalue weighted by Crippen LogP contribution is -2.45. The molecule has 0 aromatic carbocycles. The lowest BCUT2D eigenvalue weighted by atomic mass is 9.76. The van der Waals surface area contributed by atoms with Crippen LogP contribution in [0.1, 0.15) is 78.6 Å². The van der Waals surface area contributed by atoms with E-state index in [2.05, 4.69) is 26.1 Å². The van der Waals surface area contributed by atoms with E-state index in [9.17, 15) is 5.11 Å². The molecule has 2 rings (SSSR count). The molecule has 2 nitrogen and oxygen atoms in total. The zero-order valence-electron chi connectivity index (χ0n) is 13.8. The number of rotatable bonds is 3. The van der Waals surface area contributed by atoms with Crippen molar-refractivity contribution < 1.29 is 5.11 Å². The molecule has 0 radical (unpaired) electrons. The molecular formula is C18H35NO. The Morgan fingerprint density at radius 3 is 2.35 bits per heavy atom. The highest BCUT2D eigenvalue weighted by Crippen LogP contribution is 2.37. The van der Waals surface area contributed by atoms with Gasteiger partial charge in [0.15, 0.2) is 0 Å². The molecular weight excluding hydrogens is 246 g/mol. The van der Waals surface area contributed by atoms with Crippen LogP contribution in [0.3, 0.4) is 0 Å². The van der Waals surface area contributed by atoms with Gasteiger partial charge in [0, 0.05) is 18.7 Å². The molecule has 0 aromatic rings. The number of nitrogens with one attached hydrogen (secondary N) is 1. The quantitative estimate of drug-likeness (QED) is 0.763. The Bertz CT molecular complexity index is 284. The minimum atomic E-state index is 0.370. The van der Waals surface area contributed by atoms with Crippen LogP contribution in [0.5, 0.6) is 0 Å². The van der Waals surface area contributed by atoms with Crippen molar-refractivity contribution >= 4 is 0 Å². The standard InChI is InChI=1S/C18H35NO/c1-18(2,3)15-8-6-9-16(12-11-15)19-17-10-5-4-7-14(17)13-20/h14-17,19-20H,4-13H2,1-3H3. The monoisotopic (exact) mass is 281 g/mol. The summed E-state index contributed by atoms with van der Waals surface area (Å²) in [6.07, 6.45) is 11.9. The normalized spacial score (nSPS) is 36.6. The summed E-state index contributed by atoms with van der Waals surface area (Å²) >= 11 is 0. The van der Waals surface area contributed by atoms with Crippen LogP contribution in [0.15, 0.2) is 0 Å². The molecule has 2 fully saturated rings. The fourth-order valence-electron chi connectivity index (χ4n) is 4.28. The second-order valence-corrected chi connectivity index (χ2v) is 8.27. The van der Waals surface area contributed by atoms with E-state index in [1.165, 1.54) is 57.8 Å². The molecule has 4 atom stereocenters. The molecule has 0 spiro atoms. The van der Waals surface area contributed by atoms with Crippen LogP contribution in [0.4, 0.5) is 0 Å². The summed E-state index contributed by atoms with van der Waals surface area (Å²) < 4.78 is 0. The first-order valence-electron chi connectivity index (χ1n) is 8.87. The third-order valence-electron chi connectivity index (χ3n) is 5.79. The highest BCUT2D eigenvalue weighted by atomic mass is 16.3. The summed E-state index contributed by atoms with van der Waals surface area (Å²) in [5.74, 6) is 1.39. The number of hydrogen-bond acceptors (Lipinski definition) is 2. The van der Waals surface area contributed by atoms with Crippen molar-refractivity contribution in [3.63, 3.8) is 0 Å². The highest BCUT2D eigenvalue weighted by molar-refractivity contribution is 4.86. The SMILES string of the molecule is CC(C)(C)C1CCCC(NC2CCCCC2CO)CC1. The van der Waals surface area contributed by atoms with E-state index >= 15 is 0 Å². The maximum Gasteiger partial charge on any atom is 0.0474 e. The first kappa shape index (κ1) is 16.3. The molecule has 0 amide bonds. The summed E-state index contributed by atoms with van der Waals surface area (Å²) in [7, 11) is 0. The second-order valence-electron chi connectivity index (χ2n) is 8.27. The molecule has 2 saturated carbocycles. The van der Waals surface area contributed by atoms with Gasteiger partial charge in [0.1, 0.15) is 0 Å². The van der Waals surface area contributed by atoms with Crippen molar-refractivity contribution in [2.45, 2.75) is 90.6 Å². The third kappa shape index (κ3) is 4.46. The first-order chi connectivity index (χ1) is 9.50. The molecule has 0 aromatic heterocycles. The molecule has 2 aliphatic rings. The van der Waals surface area contributed by atoms with Gasteiger partial charge in [0.05, 0.1) is 0 Å². The van der Waals surface area contributed by atoms with E-state index in [4.69, 9.17) is 0 Å². The van der Waals surface area contributed by atoms with Gasteiger partial charge in [-0.2, -0.15) is 0 Å². The smallest absolute Gasteiger partial charge is 0.0474 e. The van der Waals surface area contributed by atoms with Crippen LogP contribution in [0, 0.1) is 17.3 Å². The Morgan fingerprint density at radius 2 is 1.65 bits per heavy atom. The van der Waals surface area contributed by atoms with Crippen molar-refractivity contribution in [1.29, 1.82) is 0 Å². The zero-order valence-corrected chi connectivity index (χ0v) is 13.8. The van der Waals surface area contributed by atoms with Crippen LogP contribution < -0.4 is 5.32 Å². The van der Waals surface area contributed by atoms with E-state index in [-0.39, 0.29) is 0 Å². The van der Waals surface area contributed by atoms with Crippen LogP contribution in [0.25, 0.3) is 0 Å². The topological polar surface area (TPSA) is 32.3 Å². The van der Waals surface area contributed by atoms with Gasteiger partial charge in [-0.1, -0.05) is 40.0 Å². The molecule has 4 unspecified atom stereocenters. The summed E-state index contributed by atoms with van der Waals surface area (Å²) in [5, 5.41) is 13.5. The molecule has 0 bridgehead atoms. The molecule has 2 aliphatic carbocycles. The molecule has 0 heterocycles. The van der Waals surface area contributed by atoms with Gasteiger partial charge in [-0.05, 0) is 55.8 Å². The van der Waals surface area contributed by atoms with Crippen molar-refractivity contribution in [2.75, 3.05) is 6.61 Å². The zero-order chi connectivity index (χ0) is 14.6. The van der Waals surface area contributed by atoms with Crippen molar-refractivity contribution in [3.05, 3.63) is 0 Å². The maximum absolute atomic E-state index is 9.56. The summed E-state index contributed by atoms with van der Waals surface area (Å²) in [6, 6.07) is 1.27. The fraction of sp³-hybridized carbons (Fsp3) is 1.00. The number of aliphatic hydroxyl groups is 1. The molecule has 0 aliphatic heterocycles. The summed E-state index contributed by atoms with van der Waals surface area (Å²) in [5.41, 5.74) is 0.466. The van der Waals surface area contributed by atoms with Crippen LogP contribution in [-0.2, 0) is 0 Å². The van der Waals surface area contributed by atoms with Crippen molar-refractivity contribution in [1.82, 2.24) is 5.32 Å². The third-order valence-corrected chi connectivity index (χ3v) is 5.79. The molecule has 20 heavy (non-hydrogen) atoms. The van der Waals surface area contributed by atoms with Gasteiger partial charge < -0.3 is 10.4 Å². The van der Waals surface area contributed by atoms with E-state index < -0.39 is 0 Å².